The summed E-state index contributed by atoms with van der Waals surface area (Å²) >= 11 is 1.94. The van der Waals surface area contributed by atoms with Crippen LogP contribution in [-0.4, -0.2) is 31.6 Å². The zero-order valence-corrected chi connectivity index (χ0v) is 11.0. The third-order valence-electron chi connectivity index (χ3n) is 2.35. The molecule has 2 aliphatic heterocycles. The molecule has 0 aromatic heterocycles. The Morgan fingerprint density at radius 3 is 2.82 bits per heavy atom. The van der Waals surface area contributed by atoms with Gasteiger partial charge >= 0.3 is 0 Å². The molecule has 0 spiro atoms. The Kier molecular flexibility index (Phi) is 3.46. The summed E-state index contributed by atoms with van der Waals surface area (Å²) in [6.07, 6.45) is 5.17. The van der Waals surface area contributed by atoms with Gasteiger partial charge in [0.1, 0.15) is 0 Å². The van der Waals surface area contributed by atoms with E-state index in [9.17, 15) is 8.42 Å². The Balaban J connectivity index is 0.000000188. The first-order valence-electron chi connectivity index (χ1n) is 5.05. The second-order valence-corrected chi connectivity index (χ2v) is 6.28. The topological polar surface area (TPSA) is 57.6 Å². The van der Waals surface area contributed by atoms with Gasteiger partial charge in [-0.25, -0.2) is 0 Å². The molecular weight excluding hydrogens is 258 g/mol. The van der Waals surface area contributed by atoms with Gasteiger partial charge in [0.2, 0.25) is 0 Å². The van der Waals surface area contributed by atoms with Crippen molar-refractivity contribution in [1.82, 2.24) is 0 Å². The molecule has 3 rings (SSSR count). The Bertz CT molecular complexity index is 544. The van der Waals surface area contributed by atoms with Crippen LogP contribution in [0.2, 0.25) is 0 Å². The first kappa shape index (κ1) is 12.5. The maximum Gasteiger partial charge on any atom is 0.261 e. The monoisotopic (exact) mass is 271 g/mol. The molecule has 0 fully saturated rings. The molecule has 1 N–H and O–H groups in total. The fraction of sp³-hybridized carbons (Fsp3) is 0.273. The van der Waals surface area contributed by atoms with Gasteiger partial charge in [-0.15, -0.1) is 11.8 Å². The van der Waals surface area contributed by atoms with Crippen LogP contribution in [0.15, 0.2) is 29.2 Å². The molecule has 0 aliphatic carbocycles. The van der Waals surface area contributed by atoms with Crippen molar-refractivity contribution in [3.05, 3.63) is 29.8 Å². The number of para-hydroxylation sites is 1. The number of nitrogens with zero attached hydrogens (tertiary/aromatic N) is 1. The average molecular weight is 271 g/mol. The van der Waals surface area contributed by atoms with E-state index in [1.54, 1.807) is 0 Å². The van der Waals surface area contributed by atoms with Crippen molar-refractivity contribution in [2.75, 3.05) is 23.6 Å². The van der Waals surface area contributed by atoms with E-state index in [0.717, 1.165) is 12.4 Å². The summed E-state index contributed by atoms with van der Waals surface area (Å²) in [5.74, 6) is 1.12. The molecule has 0 amide bonds. The van der Waals surface area contributed by atoms with E-state index in [1.807, 2.05) is 11.8 Å². The predicted octanol–water partition coefficient (Wildman–Crippen LogP) is 2.09. The van der Waals surface area contributed by atoms with Gasteiger partial charge in [-0.1, -0.05) is 24.3 Å². The van der Waals surface area contributed by atoms with E-state index in [-0.39, 0.29) is 0 Å². The molecule has 0 radical (unpaired) electrons. The molecule has 1 aromatic rings. The summed E-state index contributed by atoms with van der Waals surface area (Å²) in [6.45, 7) is 1.08. The summed E-state index contributed by atoms with van der Waals surface area (Å²) in [4.78, 5) is 3.87. The van der Waals surface area contributed by atoms with E-state index in [0.29, 0.717) is 6.26 Å². The van der Waals surface area contributed by atoms with Crippen LogP contribution in [0.5, 0.6) is 0 Å². The van der Waals surface area contributed by atoms with Crippen LogP contribution in [0.1, 0.15) is 5.56 Å². The van der Waals surface area contributed by atoms with Crippen molar-refractivity contribution in [3.63, 3.8) is 0 Å². The highest BCUT2D eigenvalue weighted by atomic mass is 32.2. The molecule has 0 atom stereocenters. The minimum absolute atomic E-state index is 0.715. The van der Waals surface area contributed by atoms with Gasteiger partial charge in [0, 0.05) is 11.4 Å². The second-order valence-electron chi connectivity index (χ2n) is 3.83. The highest BCUT2D eigenvalue weighted by Crippen LogP contribution is 2.42. The van der Waals surface area contributed by atoms with Crippen LogP contribution in [-0.2, 0) is 10.1 Å². The smallest absolute Gasteiger partial charge is 0.261 e. The second kappa shape index (κ2) is 4.72. The zero-order chi connectivity index (χ0) is 12.5. The molecule has 4 nitrogen and oxygen atoms in total. The number of benzene rings is 1. The van der Waals surface area contributed by atoms with Gasteiger partial charge in [-0.3, -0.25) is 4.55 Å². The van der Waals surface area contributed by atoms with E-state index >= 15 is 0 Å². The van der Waals surface area contributed by atoms with Gasteiger partial charge in [-0.05, 0) is 11.6 Å². The fourth-order valence-electron chi connectivity index (χ4n) is 1.79. The van der Waals surface area contributed by atoms with Crippen LogP contribution in [0.3, 0.4) is 0 Å². The normalized spacial score (nSPS) is 16.2. The highest BCUT2D eigenvalue weighted by Gasteiger charge is 2.22. The Hall–Kier alpha value is -0.980. The van der Waals surface area contributed by atoms with Crippen molar-refractivity contribution in [3.8, 4) is 0 Å². The molecule has 1 aromatic carbocycles. The largest absolute Gasteiger partial charge is 0.357 e. The summed E-state index contributed by atoms with van der Waals surface area (Å²) in [5, 5.41) is 0. The molecule has 0 unspecified atom stereocenters. The molecule has 0 saturated carbocycles. The third kappa shape index (κ3) is 3.24. The molecule has 2 heterocycles. The van der Waals surface area contributed by atoms with Crippen LogP contribution < -0.4 is 4.90 Å². The maximum absolute atomic E-state index is 9.19. The third-order valence-corrected chi connectivity index (χ3v) is 3.43. The van der Waals surface area contributed by atoms with Gasteiger partial charge in [0.15, 0.2) is 0 Å². The summed E-state index contributed by atoms with van der Waals surface area (Å²) in [5.41, 5.74) is 2.83. The van der Waals surface area contributed by atoms with Crippen molar-refractivity contribution in [2.45, 2.75) is 4.90 Å². The molecule has 92 valence electrons. The van der Waals surface area contributed by atoms with E-state index in [2.05, 4.69) is 35.3 Å². The van der Waals surface area contributed by atoms with Crippen LogP contribution in [0, 0.1) is 0 Å². The van der Waals surface area contributed by atoms with E-state index in [4.69, 9.17) is 4.55 Å². The zero-order valence-electron chi connectivity index (χ0n) is 9.33. The lowest BCUT2D eigenvalue weighted by molar-refractivity contribution is 0.490. The van der Waals surface area contributed by atoms with Crippen LogP contribution >= 0.6 is 11.8 Å². The quantitative estimate of drug-likeness (QED) is 0.732. The summed E-state index contributed by atoms with van der Waals surface area (Å²) in [7, 11) is -3.67. The number of hydrogen-bond donors (Lipinski definition) is 1. The van der Waals surface area contributed by atoms with Crippen LogP contribution in [0.25, 0.3) is 6.08 Å². The standard InChI is InChI=1S/C10H9NS.CH4O3S/c1-3-8-4-2-6-11-7-12-9(5-1)10(8)11;1-5(2,3)4/h1-5H,6-7H2;1H3,(H,2,3,4). The molecule has 2 aliphatic rings. The Labute approximate surface area is 105 Å². The lowest BCUT2D eigenvalue weighted by Gasteiger charge is -2.21. The lowest BCUT2D eigenvalue weighted by atomic mass is 10.1. The molecule has 6 heteroatoms. The van der Waals surface area contributed by atoms with Crippen molar-refractivity contribution in [2.24, 2.45) is 0 Å². The first-order valence-corrected chi connectivity index (χ1v) is 7.88. The van der Waals surface area contributed by atoms with E-state index in [1.165, 1.54) is 16.1 Å². The van der Waals surface area contributed by atoms with Gasteiger partial charge in [0.25, 0.3) is 10.1 Å². The molecular formula is C11H13NO3S2. The SMILES string of the molecule is C1=Cc2cccc3c2N(C1)CS3.CS(=O)(=O)O. The van der Waals surface area contributed by atoms with Crippen molar-refractivity contribution < 1.29 is 13.0 Å². The Morgan fingerprint density at radius 1 is 1.41 bits per heavy atom. The maximum atomic E-state index is 9.19. The number of thioether (sulfide) groups is 1. The average Bonchev–Trinajstić information content (AvgIpc) is 2.62. The highest BCUT2D eigenvalue weighted by molar-refractivity contribution is 7.99. The minimum Gasteiger partial charge on any atom is -0.357 e. The molecule has 0 bridgehead atoms. The first-order chi connectivity index (χ1) is 7.95. The van der Waals surface area contributed by atoms with Gasteiger partial charge < -0.3 is 4.90 Å². The predicted molar refractivity (Wildman–Crippen MR) is 71.0 cm³/mol. The van der Waals surface area contributed by atoms with Crippen molar-refractivity contribution >= 4 is 33.6 Å². The summed E-state index contributed by atoms with van der Waals surface area (Å²) in [6, 6.07) is 6.54. The van der Waals surface area contributed by atoms with E-state index < -0.39 is 10.1 Å². The lowest BCUT2D eigenvalue weighted by Crippen LogP contribution is -2.21. The summed E-state index contributed by atoms with van der Waals surface area (Å²) < 4.78 is 25.9. The number of anilines is 1. The minimum atomic E-state index is -3.67. The number of rotatable bonds is 0. The van der Waals surface area contributed by atoms with Gasteiger partial charge in [0.05, 0.1) is 17.8 Å². The molecule has 17 heavy (non-hydrogen) atoms. The van der Waals surface area contributed by atoms with Gasteiger partial charge in [-0.2, -0.15) is 8.42 Å². The van der Waals surface area contributed by atoms with Crippen molar-refractivity contribution in [1.29, 1.82) is 0 Å². The number of hydrogen-bond acceptors (Lipinski definition) is 4. The van der Waals surface area contributed by atoms with Crippen LogP contribution in [0.4, 0.5) is 5.69 Å². The Morgan fingerprint density at radius 2 is 2.12 bits per heavy atom. The molecule has 0 saturated heterocycles. The fourth-order valence-corrected chi connectivity index (χ4v) is 2.88.